The van der Waals surface area contributed by atoms with Crippen molar-refractivity contribution in [2.24, 2.45) is 0 Å². The molecule has 2 amide bonds. The number of ether oxygens (including phenoxy) is 1. The Labute approximate surface area is 158 Å². The number of benzene rings is 2. The maximum absolute atomic E-state index is 12.8. The van der Waals surface area contributed by atoms with Gasteiger partial charge in [-0.25, -0.2) is 0 Å². The Hall–Kier alpha value is -2.47. The zero-order chi connectivity index (χ0) is 18.8. The minimum Gasteiger partial charge on any atom is -0.484 e. The van der Waals surface area contributed by atoms with Gasteiger partial charge in [-0.15, -0.1) is 0 Å². The molecule has 0 heterocycles. The van der Waals surface area contributed by atoms with Crippen LogP contribution in [0.5, 0.6) is 5.75 Å². The molecule has 2 aromatic rings. The molecule has 0 aliphatic heterocycles. The van der Waals surface area contributed by atoms with Crippen LogP contribution in [0.25, 0.3) is 0 Å². The number of carbonyl (C=O) groups excluding carboxylic acids is 2. The molecular formula is C20H24N2O3S. The van der Waals surface area contributed by atoms with E-state index in [-0.39, 0.29) is 18.4 Å². The molecule has 26 heavy (non-hydrogen) atoms. The first-order chi connectivity index (χ1) is 12.6. The summed E-state index contributed by atoms with van der Waals surface area (Å²) in [6.07, 6.45) is 2.54. The standard InChI is InChI=1S/C20H24N2O3S/c1-22(16-9-5-3-6-10-16)20(24)18(13-14-26-2)21-19(23)15-25-17-11-7-4-8-12-17/h3-12,18H,13-15H2,1-2H3,(H,21,23). The fourth-order valence-electron chi connectivity index (χ4n) is 2.41. The lowest BCUT2D eigenvalue weighted by atomic mass is 10.1. The number of nitrogens with one attached hydrogen (secondary N) is 1. The van der Waals surface area contributed by atoms with Crippen LogP contribution in [0.2, 0.25) is 0 Å². The number of para-hydroxylation sites is 2. The maximum Gasteiger partial charge on any atom is 0.258 e. The molecule has 0 bridgehead atoms. The first-order valence-corrected chi connectivity index (χ1v) is 9.80. The number of likely N-dealkylation sites (N-methyl/N-ethyl adjacent to an activating group) is 1. The van der Waals surface area contributed by atoms with Gasteiger partial charge in [0.15, 0.2) is 6.61 Å². The van der Waals surface area contributed by atoms with Gasteiger partial charge in [0.05, 0.1) is 0 Å². The lowest BCUT2D eigenvalue weighted by Gasteiger charge is -2.24. The average molecular weight is 372 g/mol. The molecular weight excluding hydrogens is 348 g/mol. The Bertz CT molecular complexity index is 695. The van der Waals surface area contributed by atoms with Gasteiger partial charge in [0.1, 0.15) is 11.8 Å². The van der Waals surface area contributed by atoms with Gasteiger partial charge in [0.2, 0.25) is 5.91 Å². The van der Waals surface area contributed by atoms with E-state index in [2.05, 4.69) is 5.32 Å². The van der Waals surface area contributed by atoms with Gasteiger partial charge >= 0.3 is 0 Å². The molecule has 1 atom stereocenters. The second-order valence-electron chi connectivity index (χ2n) is 5.74. The summed E-state index contributed by atoms with van der Waals surface area (Å²) >= 11 is 1.64. The highest BCUT2D eigenvalue weighted by Gasteiger charge is 2.24. The van der Waals surface area contributed by atoms with E-state index < -0.39 is 6.04 Å². The molecule has 138 valence electrons. The highest BCUT2D eigenvalue weighted by Crippen LogP contribution is 2.14. The SMILES string of the molecule is CSCCC(NC(=O)COc1ccccc1)C(=O)N(C)c1ccccc1. The van der Waals surface area contributed by atoms with Gasteiger partial charge in [0.25, 0.3) is 5.91 Å². The normalized spacial score (nSPS) is 11.5. The first kappa shape index (κ1) is 19.8. The second-order valence-corrected chi connectivity index (χ2v) is 6.72. The van der Waals surface area contributed by atoms with Gasteiger partial charge in [-0.3, -0.25) is 9.59 Å². The second kappa shape index (κ2) is 10.5. The van der Waals surface area contributed by atoms with Gasteiger partial charge in [-0.2, -0.15) is 11.8 Å². The summed E-state index contributed by atoms with van der Waals surface area (Å²) in [4.78, 5) is 26.6. The molecule has 0 aliphatic rings. The van der Waals surface area contributed by atoms with E-state index in [0.717, 1.165) is 11.4 Å². The summed E-state index contributed by atoms with van der Waals surface area (Å²) in [5.74, 6) is 0.947. The number of anilines is 1. The number of rotatable bonds is 9. The molecule has 0 spiro atoms. The van der Waals surface area contributed by atoms with Gasteiger partial charge in [0, 0.05) is 12.7 Å². The molecule has 0 aliphatic carbocycles. The molecule has 1 unspecified atom stereocenters. The summed E-state index contributed by atoms with van der Waals surface area (Å²) in [5.41, 5.74) is 0.793. The summed E-state index contributed by atoms with van der Waals surface area (Å²) in [6.45, 7) is -0.123. The molecule has 6 heteroatoms. The summed E-state index contributed by atoms with van der Waals surface area (Å²) < 4.78 is 5.46. The first-order valence-electron chi connectivity index (χ1n) is 8.40. The number of carbonyl (C=O) groups is 2. The molecule has 2 aromatic carbocycles. The van der Waals surface area contributed by atoms with Crippen molar-refractivity contribution in [2.45, 2.75) is 12.5 Å². The Kier molecular flexibility index (Phi) is 8.02. The number of hydrogen-bond acceptors (Lipinski definition) is 4. The number of amides is 2. The van der Waals surface area contributed by atoms with Crippen molar-refractivity contribution < 1.29 is 14.3 Å². The van der Waals surface area contributed by atoms with Crippen LogP contribution in [0, 0.1) is 0 Å². The summed E-state index contributed by atoms with van der Waals surface area (Å²) in [6, 6.07) is 17.9. The van der Waals surface area contributed by atoms with Crippen molar-refractivity contribution in [1.82, 2.24) is 5.32 Å². The van der Waals surface area contributed by atoms with E-state index in [9.17, 15) is 9.59 Å². The smallest absolute Gasteiger partial charge is 0.258 e. The van der Waals surface area contributed by atoms with Crippen molar-refractivity contribution in [1.29, 1.82) is 0 Å². The van der Waals surface area contributed by atoms with Gasteiger partial charge < -0.3 is 15.0 Å². The van der Waals surface area contributed by atoms with Crippen LogP contribution in [0.1, 0.15) is 6.42 Å². The fraction of sp³-hybridized carbons (Fsp3) is 0.300. The largest absolute Gasteiger partial charge is 0.484 e. The fourth-order valence-corrected chi connectivity index (χ4v) is 2.88. The van der Waals surface area contributed by atoms with Crippen LogP contribution in [-0.4, -0.2) is 43.5 Å². The zero-order valence-corrected chi connectivity index (χ0v) is 15.9. The lowest BCUT2D eigenvalue weighted by molar-refractivity contribution is -0.128. The van der Waals surface area contributed by atoms with Crippen LogP contribution >= 0.6 is 11.8 Å². The molecule has 0 saturated heterocycles. The van der Waals surface area contributed by atoms with Crippen molar-refractivity contribution >= 4 is 29.3 Å². The summed E-state index contributed by atoms with van der Waals surface area (Å²) in [5, 5.41) is 2.80. The van der Waals surface area contributed by atoms with Crippen molar-refractivity contribution in [3.63, 3.8) is 0 Å². The molecule has 0 radical (unpaired) electrons. The Balaban J connectivity index is 1.97. The van der Waals surface area contributed by atoms with Crippen molar-refractivity contribution in [3.8, 4) is 5.75 Å². The van der Waals surface area contributed by atoms with E-state index in [1.54, 1.807) is 35.8 Å². The van der Waals surface area contributed by atoms with E-state index in [1.807, 2.05) is 54.8 Å². The van der Waals surface area contributed by atoms with E-state index in [1.165, 1.54) is 0 Å². The van der Waals surface area contributed by atoms with Crippen LogP contribution < -0.4 is 15.0 Å². The minimum atomic E-state index is -0.584. The van der Waals surface area contributed by atoms with E-state index in [0.29, 0.717) is 12.2 Å². The maximum atomic E-state index is 12.8. The number of hydrogen-bond donors (Lipinski definition) is 1. The lowest BCUT2D eigenvalue weighted by Crippen LogP contribution is -2.49. The van der Waals surface area contributed by atoms with Crippen molar-refractivity contribution in [3.05, 3.63) is 60.7 Å². The monoisotopic (exact) mass is 372 g/mol. The molecule has 1 N–H and O–H groups in total. The topological polar surface area (TPSA) is 58.6 Å². The number of nitrogens with zero attached hydrogens (tertiary/aromatic N) is 1. The third-order valence-electron chi connectivity index (χ3n) is 3.83. The molecule has 0 aromatic heterocycles. The Morgan fingerprint density at radius 2 is 1.69 bits per heavy atom. The zero-order valence-electron chi connectivity index (χ0n) is 15.1. The van der Waals surface area contributed by atoms with Crippen LogP contribution in [0.4, 0.5) is 5.69 Å². The molecule has 2 rings (SSSR count). The molecule has 5 nitrogen and oxygen atoms in total. The van der Waals surface area contributed by atoms with Crippen molar-refractivity contribution in [2.75, 3.05) is 30.6 Å². The van der Waals surface area contributed by atoms with Gasteiger partial charge in [-0.1, -0.05) is 36.4 Å². The summed E-state index contributed by atoms with van der Waals surface area (Å²) in [7, 11) is 1.72. The molecule has 0 saturated carbocycles. The number of thioether (sulfide) groups is 1. The predicted molar refractivity (Wildman–Crippen MR) is 107 cm³/mol. The molecule has 0 fully saturated rings. The quantitative estimate of drug-likeness (QED) is 0.735. The minimum absolute atomic E-state index is 0.123. The highest BCUT2D eigenvalue weighted by molar-refractivity contribution is 7.98. The average Bonchev–Trinajstić information content (AvgIpc) is 2.70. The third-order valence-corrected chi connectivity index (χ3v) is 4.48. The Morgan fingerprint density at radius 1 is 1.08 bits per heavy atom. The van der Waals surface area contributed by atoms with E-state index in [4.69, 9.17) is 4.74 Å². The highest BCUT2D eigenvalue weighted by atomic mass is 32.2. The van der Waals surface area contributed by atoms with Crippen LogP contribution in [0.15, 0.2) is 60.7 Å². The third kappa shape index (κ3) is 6.11. The predicted octanol–water partition coefficient (Wildman–Crippen LogP) is 2.97. The van der Waals surface area contributed by atoms with Crippen LogP contribution in [0.3, 0.4) is 0 Å². The Morgan fingerprint density at radius 3 is 2.31 bits per heavy atom. The van der Waals surface area contributed by atoms with Gasteiger partial charge in [-0.05, 0) is 42.7 Å². The van der Waals surface area contributed by atoms with Crippen LogP contribution in [-0.2, 0) is 9.59 Å². The van der Waals surface area contributed by atoms with E-state index >= 15 is 0 Å².